The van der Waals surface area contributed by atoms with Crippen molar-refractivity contribution >= 4 is 34.7 Å². The van der Waals surface area contributed by atoms with Crippen LogP contribution in [0.2, 0.25) is 4.34 Å². The van der Waals surface area contributed by atoms with E-state index in [4.69, 9.17) is 11.6 Å². The number of hydrogen-bond donors (Lipinski definition) is 0. The molecule has 0 bridgehead atoms. The molecule has 134 valence electrons. The number of carbonyl (C=O) groups excluding carboxylic acids is 1. The molecule has 0 aromatic carbocycles. The Morgan fingerprint density at radius 3 is 2.54 bits per heavy atom. The molecule has 7 nitrogen and oxygen atoms in total. The normalized spacial score (nSPS) is 14.7. The first-order chi connectivity index (χ1) is 12.6. The smallest absolute Gasteiger partial charge is 0.264 e. The summed E-state index contributed by atoms with van der Waals surface area (Å²) in [6.07, 6.45) is 3.43. The molecule has 1 saturated heterocycles. The highest BCUT2D eigenvalue weighted by molar-refractivity contribution is 7.17. The van der Waals surface area contributed by atoms with Crippen molar-refractivity contribution in [2.24, 2.45) is 0 Å². The third kappa shape index (κ3) is 3.42. The van der Waals surface area contributed by atoms with Crippen LogP contribution in [0.1, 0.15) is 15.4 Å². The van der Waals surface area contributed by atoms with Crippen molar-refractivity contribution in [2.75, 3.05) is 31.1 Å². The zero-order valence-electron chi connectivity index (χ0n) is 14.2. The second kappa shape index (κ2) is 7.05. The van der Waals surface area contributed by atoms with E-state index in [0.29, 0.717) is 22.3 Å². The summed E-state index contributed by atoms with van der Waals surface area (Å²) >= 11 is 7.25. The first-order valence-corrected chi connectivity index (χ1v) is 9.44. The lowest BCUT2D eigenvalue weighted by molar-refractivity contribution is 0.0751. The fourth-order valence-electron chi connectivity index (χ4n) is 2.90. The SMILES string of the molecule is Cc1ccn(-c2cc(N3CCN(C(=O)c4ccc(Cl)s4)CC3)ncn2)n1. The van der Waals surface area contributed by atoms with E-state index in [-0.39, 0.29) is 5.91 Å². The van der Waals surface area contributed by atoms with Crippen LogP contribution in [0, 0.1) is 6.92 Å². The number of anilines is 1. The molecule has 4 heterocycles. The van der Waals surface area contributed by atoms with Gasteiger partial charge in [-0.05, 0) is 25.1 Å². The Kier molecular flexibility index (Phi) is 4.60. The van der Waals surface area contributed by atoms with Crippen molar-refractivity contribution in [3.05, 3.63) is 51.7 Å². The van der Waals surface area contributed by atoms with Crippen molar-refractivity contribution < 1.29 is 4.79 Å². The fourth-order valence-corrected chi connectivity index (χ4v) is 3.91. The van der Waals surface area contributed by atoms with Crippen LogP contribution < -0.4 is 4.90 Å². The quantitative estimate of drug-likeness (QED) is 0.690. The Balaban J connectivity index is 1.44. The second-order valence-electron chi connectivity index (χ2n) is 6.02. The highest BCUT2D eigenvalue weighted by Gasteiger charge is 2.24. The molecule has 1 fully saturated rings. The average molecular weight is 389 g/mol. The van der Waals surface area contributed by atoms with Gasteiger partial charge < -0.3 is 9.80 Å². The fraction of sp³-hybridized carbons (Fsp3) is 0.294. The first kappa shape index (κ1) is 17.0. The molecule has 0 saturated carbocycles. The van der Waals surface area contributed by atoms with E-state index in [1.54, 1.807) is 23.1 Å². The van der Waals surface area contributed by atoms with Gasteiger partial charge in [-0.15, -0.1) is 11.3 Å². The number of thiophene rings is 1. The number of carbonyl (C=O) groups is 1. The van der Waals surface area contributed by atoms with E-state index in [1.807, 2.05) is 30.2 Å². The lowest BCUT2D eigenvalue weighted by Gasteiger charge is -2.35. The van der Waals surface area contributed by atoms with Gasteiger partial charge >= 0.3 is 0 Å². The second-order valence-corrected chi connectivity index (χ2v) is 7.73. The molecule has 0 N–H and O–H groups in total. The van der Waals surface area contributed by atoms with Gasteiger partial charge in [-0.2, -0.15) is 5.10 Å². The number of hydrogen-bond acceptors (Lipinski definition) is 6. The van der Waals surface area contributed by atoms with Gasteiger partial charge in [-0.1, -0.05) is 11.6 Å². The largest absolute Gasteiger partial charge is 0.353 e. The third-order valence-corrected chi connectivity index (χ3v) is 5.49. The summed E-state index contributed by atoms with van der Waals surface area (Å²) in [5.41, 5.74) is 0.936. The van der Waals surface area contributed by atoms with Crippen molar-refractivity contribution in [3.63, 3.8) is 0 Å². The predicted molar refractivity (Wildman–Crippen MR) is 101 cm³/mol. The summed E-state index contributed by atoms with van der Waals surface area (Å²) in [6, 6.07) is 7.39. The molecular formula is C17H17ClN6OS. The van der Waals surface area contributed by atoms with Crippen LogP contribution in [0.5, 0.6) is 0 Å². The van der Waals surface area contributed by atoms with Crippen LogP contribution in [0.4, 0.5) is 5.82 Å². The van der Waals surface area contributed by atoms with Gasteiger partial charge in [0.05, 0.1) is 14.9 Å². The zero-order valence-corrected chi connectivity index (χ0v) is 15.7. The Labute approximate surface area is 159 Å². The maximum absolute atomic E-state index is 12.5. The lowest BCUT2D eigenvalue weighted by atomic mass is 10.3. The molecular weight excluding hydrogens is 372 g/mol. The topological polar surface area (TPSA) is 67.2 Å². The minimum atomic E-state index is 0.0388. The summed E-state index contributed by atoms with van der Waals surface area (Å²) in [6.45, 7) is 4.68. The standard InChI is InChI=1S/C17H17ClN6OS/c1-12-4-5-24(21-12)16-10-15(19-11-20-16)22-6-8-23(9-7-22)17(25)13-2-3-14(18)26-13/h2-5,10-11H,6-9H2,1H3. The van der Waals surface area contributed by atoms with Crippen LogP contribution in [-0.2, 0) is 0 Å². The van der Waals surface area contributed by atoms with Crippen molar-refractivity contribution in [2.45, 2.75) is 6.92 Å². The Morgan fingerprint density at radius 1 is 1.12 bits per heavy atom. The Morgan fingerprint density at radius 2 is 1.88 bits per heavy atom. The summed E-state index contributed by atoms with van der Waals surface area (Å²) in [5.74, 6) is 1.61. The van der Waals surface area contributed by atoms with Gasteiger partial charge in [-0.25, -0.2) is 14.6 Å². The summed E-state index contributed by atoms with van der Waals surface area (Å²) < 4.78 is 2.37. The van der Waals surface area contributed by atoms with Crippen LogP contribution in [0.25, 0.3) is 5.82 Å². The van der Waals surface area contributed by atoms with Crippen LogP contribution in [0.15, 0.2) is 36.8 Å². The minimum Gasteiger partial charge on any atom is -0.353 e. The van der Waals surface area contributed by atoms with Gasteiger partial charge in [-0.3, -0.25) is 4.79 Å². The first-order valence-electron chi connectivity index (χ1n) is 8.24. The van der Waals surface area contributed by atoms with E-state index >= 15 is 0 Å². The number of piperazine rings is 1. The molecule has 0 spiro atoms. The lowest BCUT2D eigenvalue weighted by Crippen LogP contribution is -2.48. The molecule has 0 radical (unpaired) electrons. The van der Waals surface area contributed by atoms with E-state index in [0.717, 1.165) is 30.4 Å². The number of nitrogens with zero attached hydrogens (tertiary/aromatic N) is 6. The molecule has 1 amide bonds. The van der Waals surface area contributed by atoms with Gasteiger partial charge in [0.1, 0.15) is 12.1 Å². The summed E-state index contributed by atoms with van der Waals surface area (Å²) in [5, 5.41) is 4.38. The molecule has 4 rings (SSSR count). The summed E-state index contributed by atoms with van der Waals surface area (Å²) in [7, 11) is 0. The zero-order chi connectivity index (χ0) is 18.1. The highest BCUT2D eigenvalue weighted by atomic mass is 35.5. The number of halogens is 1. The number of rotatable bonds is 3. The van der Waals surface area contributed by atoms with Gasteiger partial charge in [0.2, 0.25) is 0 Å². The average Bonchev–Trinajstić information content (AvgIpc) is 3.30. The predicted octanol–water partition coefficient (Wildman–Crippen LogP) is 2.65. The number of aryl methyl sites for hydroxylation is 1. The molecule has 3 aromatic rings. The van der Waals surface area contributed by atoms with Crippen LogP contribution >= 0.6 is 22.9 Å². The van der Waals surface area contributed by atoms with E-state index < -0.39 is 0 Å². The van der Waals surface area contributed by atoms with Crippen molar-refractivity contribution in [1.29, 1.82) is 0 Å². The molecule has 1 aliphatic heterocycles. The monoisotopic (exact) mass is 388 g/mol. The maximum Gasteiger partial charge on any atom is 0.264 e. The van der Waals surface area contributed by atoms with E-state index in [1.165, 1.54) is 11.3 Å². The van der Waals surface area contributed by atoms with Gasteiger partial charge in [0, 0.05) is 38.4 Å². The van der Waals surface area contributed by atoms with Gasteiger partial charge in [0.25, 0.3) is 5.91 Å². The van der Waals surface area contributed by atoms with E-state index in [9.17, 15) is 4.79 Å². The Bertz CT molecular complexity index is 931. The van der Waals surface area contributed by atoms with Crippen molar-refractivity contribution in [3.8, 4) is 5.82 Å². The van der Waals surface area contributed by atoms with Gasteiger partial charge in [0.15, 0.2) is 5.82 Å². The summed E-state index contributed by atoms with van der Waals surface area (Å²) in [4.78, 5) is 25.9. The highest BCUT2D eigenvalue weighted by Crippen LogP contribution is 2.24. The molecule has 0 unspecified atom stereocenters. The molecule has 1 aliphatic rings. The maximum atomic E-state index is 12.5. The van der Waals surface area contributed by atoms with Crippen LogP contribution in [-0.4, -0.2) is 56.7 Å². The third-order valence-electron chi connectivity index (χ3n) is 4.27. The molecule has 0 atom stereocenters. The Hall–Kier alpha value is -2.45. The molecule has 9 heteroatoms. The number of aromatic nitrogens is 4. The minimum absolute atomic E-state index is 0.0388. The van der Waals surface area contributed by atoms with Crippen LogP contribution in [0.3, 0.4) is 0 Å². The van der Waals surface area contributed by atoms with Crippen molar-refractivity contribution in [1.82, 2.24) is 24.6 Å². The molecule has 26 heavy (non-hydrogen) atoms. The molecule has 3 aromatic heterocycles. The molecule has 0 aliphatic carbocycles. The van der Waals surface area contributed by atoms with E-state index in [2.05, 4.69) is 20.0 Å². The number of amides is 1.